The maximum absolute atomic E-state index is 12.5. The van der Waals surface area contributed by atoms with Crippen molar-refractivity contribution in [3.8, 4) is 0 Å². The van der Waals surface area contributed by atoms with Gasteiger partial charge in [0, 0.05) is 22.5 Å². The normalized spacial score (nSPS) is 13.4. The largest absolute Gasteiger partial charge is 0.466 e. The Morgan fingerprint density at radius 2 is 1.50 bits per heavy atom. The molecule has 0 atom stereocenters. The molecule has 2 amide bonds. The van der Waals surface area contributed by atoms with E-state index in [1.165, 1.54) is 31.3 Å². The highest BCUT2D eigenvalue weighted by Crippen LogP contribution is 2.27. The summed E-state index contributed by atoms with van der Waals surface area (Å²) in [6.45, 7) is -0.0919. The smallest absolute Gasteiger partial charge is 0.355 e. The second-order valence-corrected chi connectivity index (χ2v) is 6.66. The van der Waals surface area contributed by atoms with Gasteiger partial charge < -0.3 is 30.2 Å². The van der Waals surface area contributed by atoms with Gasteiger partial charge in [0.1, 0.15) is 12.4 Å². The van der Waals surface area contributed by atoms with Gasteiger partial charge in [0.05, 0.1) is 26.4 Å². The minimum absolute atomic E-state index is 0.00266. The zero-order valence-electron chi connectivity index (χ0n) is 17.4. The fourth-order valence-corrected chi connectivity index (χ4v) is 3.06. The van der Waals surface area contributed by atoms with Gasteiger partial charge in [-0.3, -0.25) is 9.59 Å². The number of carbonyl (C=O) groups excluding carboxylic acids is 4. The molecule has 0 fully saturated rings. The van der Waals surface area contributed by atoms with Crippen LogP contribution in [0.3, 0.4) is 0 Å². The van der Waals surface area contributed by atoms with Crippen LogP contribution in [0.4, 0.5) is 11.4 Å². The molecule has 32 heavy (non-hydrogen) atoms. The number of amides is 2. The quantitative estimate of drug-likeness (QED) is 0.645. The summed E-state index contributed by atoms with van der Waals surface area (Å²) in [6.07, 6.45) is 0. The number of hydrogen-bond donors (Lipinski definition) is 2. The Bertz CT molecular complexity index is 1080. The third-order valence-corrected chi connectivity index (χ3v) is 4.70. The van der Waals surface area contributed by atoms with Crippen molar-refractivity contribution in [2.45, 2.75) is 0 Å². The van der Waals surface area contributed by atoms with Crippen LogP contribution in [0.25, 0.3) is 0 Å². The Labute approximate surface area is 183 Å². The molecule has 2 aromatic rings. The molecule has 0 aromatic heterocycles. The van der Waals surface area contributed by atoms with Gasteiger partial charge in [0.25, 0.3) is 5.91 Å². The average molecular weight is 439 g/mol. The van der Waals surface area contributed by atoms with Crippen molar-refractivity contribution in [1.29, 1.82) is 0 Å². The van der Waals surface area contributed by atoms with Crippen molar-refractivity contribution in [2.24, 2.45) is 5.73 Å². The Morgan fingerprint density at radius 3 is 2.06 bits per heavy atom. The number of nitrogens with one attached hydrogen (secondary N) is 1. The lowest BCUT2D eigenvalue weighted by Crippen LogP contribution is -2.38. The van der Waals surface area contributed by atoms with E-state index in [1.807, 2.05) is 0 Å². The summed E-state index contributed by atoms with van der Waals surface area (Å²) >= 11 is 0. The molecule has 1 heterocycles. The number of methoxy groups -OCH3 is 2. The molecule has 3 N–H and O–H groups in total. The summed E-state index contributed by atoms with van der Waals surface area (Å²) in [7, 11) is 2.42. The lowest BCUT2D eigenvalue weighted by Gasteiger charge is -2.31. The van der Waals surface area contributed by atoms with E-state index in [-0.39, 0.29) is 30.5 Å². The Balaban J connectivity index is 1.82. The summed E-state index contributed by atoms with van der Waals surface area (Å²) in [5.74, 6) is -2.35. The molecule has 10 heteroatoms. The van der Waals surface area contributed by atoms with Crippen LogP contribution < -0.4 is 16.0 Å². The van der Waals surface area contributed by atoms with Crippen LogP contribution in [-0.4, -0.2) is 51.3 Å². The fraction of sp³-hybridized carbons (Fsp3) is 0.182. The van der Waals surface area contributed by atoms with Gasteiger partial charge in [0.15, 0.2) is 0 Å². The van der Waals surface area contributed by atoms with Gasteiger partial charge >= 0.3 is 11.9 Å². The van der Waals surface area contributed by atoms with Crippen LogP contribution in [0, 0.1) is 0 Å². The summed E-state index contributed by atoms with van der Waals surface area (Å²) in [4.78, 5) is 49.6. The molecule has 3 rings (SSSR count). The number of nitrogens with zero attached hydrogens (tertiary/aromatic N) is 1. The third-order valence-electron chi connectivity index (χ3n) is 4.70. The van der Waals surface area contributed by atoms with Crippen molar-refractivity contribution in [1.82, 2.24) is 0 Å². The SMILES string of the molecule is COC(=O)C1=C(C(=O)OC)N(c2ccc(C(=O)Nc3ccc(C(N)=O)cc3)cc2)COC1. The lowest BCUT2D eigenvalue weighted by molar-refractivity contribution is -0.140. The van der Waals surface area contributed by atoms with Gasteiger partial charge in [-0.1, -0.05) is 0 Å². The van der Waals surface area contributed by atoms with Crippen LogP contribution in [0.2, 0.25) is 0 Å². The standard InChI is InChI=1S/C22H21N3O7/c1-30-21(28)17-11-32-12-25(18(17)22(29)31-2)16-9-5-14(6-10-16)20(27)24-15-7-3-13(4-8-15)19(23)26/h3-10H,11-12H2,1-2H3,(H2,23,26)(H,24,27). The minimum atomic E-state index is -0.713. The van der Waals surface area contributed by atoms with Gasteiger partial charge in [-0.05, 0) is 48.5 Å². The number of carbonyl (C=O) groups is 4. The van der Waals surface area contributed by atoms with E-state index in [4.69, 9.17) is 19.9 Å². The summed E-state index contributed by atoms with van der Waals surface area (Å²) < 4.78 is 15.0. The molecule has 10 nitrogen and oxygen atoms in total. The first-order valence-electron chi connectivity index (χ1n) is 9.42. The molecule has 0 unspecified atom stereocenters. The van der Waals surface area contributed by atoms with Crippen molar-refractivity contribution < 1.29 is 33.4 Å². The Hall–Kier alpha value is -4.18. The van der Waals surface area contributed by atoms with Crippen molar-refractivity contribution in [3.63, 3.8) is 0 Å². The van der Waals surface area contributed by atoms with Crippen molar-refractivity contribution in [2.75, 3.05) is 37.8 Å². The molecule has 1 aliphatic heterocycles. The Kier molecular flexibility index (Phi) is 6.86. The van der Waals surface area contributed by atoms with E-state index >= 15 is 0 Å². The van der Waals surface area contributed by atoms with E-state index in [9.17, 15) is 19.2 Å². The number of benzene rings is 2. The molecule has 2 aromatic carbocycles. The van der Waals surface area contributed by atoms with Gasteiger partial charge in [0.2, 0.25) is 5.91 Å². The van der Waals surface area contributed by atoms with Crippen LogP contribution >= 0.6 is 0 Å². The summed E-state index contributed by atoms with van der Waals surface area (Å²) in [5.41, 5.74) is 6.93. The van der Waals surface area contributed by atoms with Gasteiger partial charge in [-0.2, -0.15) is 0 Å². The number of anilines is 2. The van der Waals surface area contributed by atoms with E-state index < -0.39 is 17.8 Å². The van der Waals surface area contributed by atoms with E-state index in [2.05, 4.69) is 5.32 Å². The number of esters is 2. The predicted molar refractivity (Wildman–Crippen MR) is 114 cm³/mol. The van der Waals surface area contributed by atoms with Crippen molar-refractivity contribution in [3.05, 3.63) is 70.9 Å². The average Bonchev–Trinajstić information content (AvgIpc) is 2.83. The molecule has 166 valence electrons. The second kappa shape index (κ2) is 9.75. The fourth-order valence-electron chi connectivity index (χ4n) is 3.06. The molecule has 0 saturated carbocycles. The number of rotatable bonds is 6. The van der Waals surface area contributed by atoms with E-state index in [0.717, 1.165) is 0 Å². The zero-order valence-corrected chi connectivity index (χ0v) is 17.4. The summed E-state index contributed by atoms with van der Waals surface area (Å²) in [5, 5.41) is 2.72. The molecular formula is C22H21N3O7. The van der Waals surface area contributed by atoms with Crippen LogP contribution in [0.15, 0.2) is 59.8 Å². The van der Waals surface area contributed by atoms with Gasteiger partial charge in [-0.25, -0.2) is 9.59 Å². The van der Waals surface area contributed by atoms with Crippen LogP contribution in [0.1, 0.15) is 20.7 Å². The molecule has 0 bridgehead atoms. The first-order chi connectivity index (χ1) is 15.3. The molecule has 0 radical (unpaired) electrons. The van der Waals surface area contributed by atoms with E-state index in [0.29, 0.717) is 22.5 Å². The molecule has 1 aliphatic rings. The molecule has 0 spiro atoms. The predicted octanol–water partition coefficient (Wildman–Crippen LogP) is 1.43. The van der Waals surface area contributed by atoms with Gasteiger partial charge in [-0.15, -0.1) is 0 Å². The number of primary amides is 1. The Morgan fingerprint density at radius 1 is 0.906 bits per heavy atom. The minimum Gasteiger partial charge on any atom is -0.466 e. The van der Waals surface area contributed by atoms with Crippen molar-refractivity contribution >= 4 is 35.1 Å². The first kappa shape index (κ1) is 22.5. The zero-order chi connectivity index (χ0) is 23.3. The van der Waals surface area contributed by atoms with E-state index in [1.54, 1.807) is 36.4 Å². The molecular weight excluding hydrogens is 418 g/mol. The highest BCUT2D eigenvalue weighted by Gasteiger charge is 2.32. The highest BCUT2D eigenvalue weighted by atomic mass is 16.5. The summed E-state index contributed by atoms with van der Waals surface area (Å²) in [6, 6.07) is 12.5. The maximum Gasteiger partial charge on any atom is 0.355 e. The molecule has 0 aliphatic carbocycles. The maximum atomic E-state index is 12.5. The highest BCUT2D eigenvalue weighted by molar-refractivity contribution is 6.05. The lowest BCUT2D eigenvalue weighted by atomic mass is 10.1. The van der Waals surface area contributed by atoms with Crippen LogP contribution in [-0.2, 0) is 23.8 Å². The first-order valence-corrected chi connectivity index (χ1v) is 9.42. The number of hydrogen-bond acceptors (Lipinski definition) is 8. The monoisotopic (exact) mass is 439 g/mol. The molecule has 0 saturated heterocycles. The second-order valence-electron chi connectivity index (χ2n) is 6.66. The van der Waals surface area contributed by atoms with Crippen LogP contribution in [0.5, 0.6) is 0 Å². The number of ether oxygens (including phenoxy) is 3. The topological polar surface area (TPSA) is 137 Å². The third kappa shape index (κ3) is 4.76. The number of nitrogens with two attached hydrogens (primary N) is 1.